The van der Waals surface area contributed by atoms with Gasteiger partial charge in [0.15, 0.2) is 11.5 Å². The number of pyridine rings is 1. The fourth-order valence-electron chi connectivity index (χ4n) is 3.60. The molecule has 0 saturated heterocycles. The van der Waals surface area contributed by atoms with Gasteiger partial charge in [0.05, 0.1) is 19.6 Å². The lowest BCUT2D eigenvalue weighted by atomic mass is 10.1. The molecule has 3 rings (SSSR count). The van der Waals surface area contributed by atoms with Crippen LogP contribution in [-0.4, -0.2) is 55.5 Å². The van der Waals surface area contributed by atoms with Crippen molar-refractivity contribution in [3.63, 3.8) is 0 Å². The Labute approximate surface area is 204 Å². The number of aromatic nitrogens is 1. The fraction of sp³-hybridized carbons (Fsp3) is 0.440. The normalized spacial score (nSPS) is 11.6. The Kier molecular flexibility index (Phi) is 7.89. The molecule has 0 bridgehead atoms. The number of carbonyl (C=O) groups excluding carboxylic acids is 1. The number of hydrogen-bond donors (Lipinski definition) is 1. The molecule has 8 nitrogen and oxygen atoms in total. The van der Waals surface area contributed by atoms with E-state index < -0.39 is 11.7 Å². The molecular weight excluding hydrogens is 454 g/mol. The van der Waals surface area contributed by atoms with Gasteiger partial charge in [-0.15, -0.1) is 11.3 Å². The van der Waals surface area contributed by atoms with Crippen LogP contribution in [0.15, 0.2) is 35.3 Å². The maximum Gasteiger partial charge on any atom is 0.407 e. The summed E-state index contributed by atoms with van der Waals surface area (Å²) in [4.78, 5) is 27.9. The van der Waals surface area contributed by atoms with Crippen molar-refractivity contribution in [1.82, 2.24) is 14.8 Å². The molecule has 0 aliphatic heterocycles. The number of ether oxygens (including phenoxy) is 3. The number of amides is 1. The van der Waals surface area contributed by atoms with Gasteiger partial charge in [0, 0.05) is 48.0 Å². The monoisotopic (exact) mass is 487 g/mol. The number of fused-ring (bicyclic) bond motifs is 1. The number of benzene rings is 1. The Morgan fingerprint density at radius 2 is 1.85 bits per heavy atom. The first kappa shape index (κ1) is 25.6. The summed E-state index contributed by atoms with van der Waals surface area (Å²) in [6.07, 6.45) is 1.44. The number of likely N-dealkylation sites (N-methyl/N-ethyl adjacent to an activating group) is 1. The molecule has 2 aromatic heterocycles. The average molecular weight is 488 g/mol. The summed E-state index contributed by atoms with van der Waals surface area (Å²) in [5.74, 6) is 1.29. The van der Waals surface area contributed by atoms with E-state index in [1.807, 2.05) is 58.3 Å². The number of nitrogens with one attached hydrogen (secondary N) is 1. The molecule has 0 radical (unpaired) electrons. The summed E-state index contributed by atoms with van der Waals surface area (Å²) in [6.45, 7) is 7.27. The maximum atomic E-state index is 12.8. The molecule has 34 heavy (non-hydrogen) atoms. The minimum Gasteiger partial charge on any atom is -0.493 e. The van der Waals surface area contributed by atoms with Gasteiger partial charge in [-0.2, -0.15) is 0 Å². The van der Waals surface area contributed by atoms with E-state index in [4.69, 9.17) is 14.2 Å². The van der Waals surface area contributed by atoms with E-state index in [0.717, 1.165) is 20.7 Å². The molecule has 1 N–H and O–H groups in total. The van der Waals surface area contributed by atoms with E-state index in [1.165, 1.54) is 0 Å². The molecule has 184 valence electrons. The van der Waals surface area contributed by atoms with Crippen molar-refractivity contribution in [2.45, 2.75) is 32.9 Å². The maximum absolute atomic E-state index is 12.8. The number of thiophene rings is 1. The Morgan fingerprint density at radius 1 is 1.15 bits per heavy atom. The van der Waals surface area contributed by atoms with Crippen molar-refractivity contribution in [2.24, 2.45) is 7.05 Å². The molecular formula is C25H33N3O5S. The highest BCUT2D eigenvalue weighted by atomic mass is 32.1. The van der Waals surface area contributed by atoms with Crippen molar-refractivity contribution in [1.29, 1.82) is 0 Å². The third-order valence-electron chi connectivity index (χ3n) is 5.18. The molecule has 0 unspecified atom stereocenters. The molecule has 1 amide bonds. The Hall–Kier alpha value is -3.04. The van der Waals surface area contributed by atoms with Gasteiger partial charge in [0.2, 0.25) is 0 Å². The fourth-order valence-corrected chi connectivity index (χ4v) is 4.86. The Bertz CT molecular complexity index is 1230. The molecule has 0 spiro atoms. The Balaban J connectivity index is 1.81. The molecule has 3 aromatic rings. The SMILES string of the molecule is COc1ccc(-c2cn(C)c(=O)c3cc(CN(C)CCNC(=O)OC(C)(C)C)sc23)cc1OC. The zero-order chi connectivity index (χ0) is 25.0. The van der Waals surface area contributed by atoms with Crippen LogP contribution in [-0.2, 0) is 18.3 Å². The minimum absolute atomic E-state index is 0.0315. The van der Waals surface area contributed by atoms with Gasteiger partial charge in [-0.25, -0.2) is 4.79 Å². The van der Waals surface area contributed by atoms with Crippen LogP contribution in [0, 0.1) is 0 Å². The minimum atomic E-state index is -0.523. The van der Waals surface area contributed by atoms with E-state index in [1.54, 1.807) is 37.2 Å². The number of aryl methyl sites for hydroxylation is 1. The lowest BCUT2D eigenvalue weighted by Crippen LogP contribution is -2.36. The molecule has 0 saturated carbocycles. The highest BCUT2D eigenvalue weighted by Crippen LogP contribution is 2.37. The number of methoxy groups -OCH3 is 2. The van der Waals surface area contributed by atoms with Crippen LogP contribution in [0.5, 0.6) is 11.5 Å². The van der Waals surface area contributed by atoms with Crippen LogP contribution in [0.2, 0.25) is 0 Å². The smallest absolute Gasteiger partial charge is 0.407 e. The molecule has 0 aliphatic carbocycles. The van der Waals surface area contributed by atoms with Crippen molar-refractivity contribution in [3.05, 3.63) is 45.7 Å². The summed E-state index contributed by atoms with van der Waals surface area (Å²) >= 11 is 1.60. The van der Waals surface area contributed by atoms with Gasteiger partial charge in [-0.05, 0) is 51.6 Å². The quantitative estimate of drug-likeness (QED) is 0.512. The second-order valence-corrected chi connectivity index (χ2v) is 10.3. The number of hydrogen-bond acceptors (Lipinski definition) is 7. The van der Waals surface area contributed by atoms with Crippen LogP contribution in [0.1, 0.15) is 25.6 Å². The van der Waals surface area contributed by atoms with Gasteiger partial charge in [-0.3, -0.25) is 9.69 Å². The van der Waals surface area contributed by atoms with Crippen molar-refractivity contribution < 1.29 is 19.0 Å². The first-order valence-electron chi connectivity index (χ1n) is 11.0. The van der Waals surface area contributed by atoms with Gasteiger partial charge in [0.1, 0.15) is 5.60 Å². The highest BCUT2D eigenvalue weighted by Gasteiger charge is 2.17. The van der Waals surface area contributed by atoms with E-state index in [2.05, 4.69) is 10.2 Å². The highest BCUT2D eigenvalue weighted by molar-refractivity contribution is 7.19. The van der Waals surface area contributed by atoms with Crippen molar-refractivity contribution in [3.8, 4) is 22.6 Å². The third-order valence-corrected chi connectivity index (χ3v) is 6.34. The summed E-state index contributed by atoms with van der Waals surface area (Å²) in [6, 6.07) is 7.72. The van der Waals surface area contributed by atoms with Crippen LogP contribution >= 0.6 is 11.3 Å². The topological polar surface area (TPSA) is 82.0 Å². The molecule has 0 atom stereocenters. The summed E-state index contributed by atoms with van der Waals surface area (Å²) in [7, 11) is 6.95. The molecule has 2 heterocycles. The lowest BCUT2D eigenvalue weighted by molar-refractivity contribution is 0.0523. The van der Waals surface area contributed by atoms with Crippen LogP contribution in [0.3, 0.4) is 0 Å². The van der Waals surface area contributed by atoms with E-state index in [0.29, 0.717) is 36.5 Å². The van der Waals surface area contributed by atoms with Crippen molar-refractivity contribution >= 4 is 27.5 Å². The van der Waals surface area contributed by atoms with Gasteiger partial charge in [-0.1, -0.05) is 6.07 Å². The third kappa shape index (κ3) is 6.09. The Morgan fingerprint density at radius 3 is 2.50 bits per heavy atom. The van der Waals surface area contributed by atoms with Crippen molar-refractivity contribution in [2.75, 3.05) is 34.4 Å². The molecule has 0 fully saturated rings. The van der Waals surface area contributed by atoms with Crippen LogP contribution < -0.4 is 20.3 Å². The first-order chi connectivity index (χ1) is 16.0. The van der Waals surface area contributed by atoms with E-state index in [9.17, 15) is 9.59 Å². The molecule has 9 heteroatoms. The number of carbonyl (C=O) groups is 1. The standard InChI is InChI=1S/C25H33N3O5S/c1-25(2,3)33-24(30)26-10-11-27(4)14-17-13-18-22(34-17)19(15-28(5)23(18)29)16-8-9-20(31-6)21(12-16)32-7/h8-9,12-13,15H,10-11,14H2,1-7H3,(H,26,30). The predicted octanol–water partition coefficient (Wildman–Crippen LogP) is 4.24. The predicted molar refractivity (Wildman–Crippen MR) is 136 cm³/mol. The van der Waals surface area contributed by atoms with Gasteiger partial charge >= 0.3 is 6.09 Å². The number of nitrogens with zero attached hydrogens (tertiary/aromatic N) is 2. The zero-order valence-corrected chi connectivity index (χ0v) is 21.7. The van der Waals surface area contributed by atoms with Crippen LogP contribution in [0.25, 0.3) is 21.2 Å². The molecule has 1 aromatic carbocycles. The second-order valence-electron chi connectivity index (χ2n) is 9.15. The molecule has 0 aliphatic rings. The van der Waals surface area contributed by atoms with E-state index in [-0.39, 0.29) is 5.56 Å². The summed E-state index contributed by atoms with van der Waals surface area (Å²) in [5, 5.41) is 3.46. The summed E-state index contributed by atoms with van der Waals surface area (Å²) < 4.78 is 18.6. The number of rotatable bonds is 8. The van der Waals surface area contributed by atoms with E-state index >= 15 is 0 Å². The average Bonchev–Trinajstić information content (AvgIpc) is 3.18. The first-order valence-corrected chi connectivity index (χ1v) is 11.8. The lowest BCUT2D eigenvalue weighted by Gasteiger charge is -2.21. The van der Waals surface area contributed by atoms with Gasteiger partial charge in [0.25, 0.3) is 5.56 Å². The zero-order valence-electron chi connectivity index (χ0n) is 20.9. The largest absolute Gasteiger partial charge is 0.493 e. The van der Waals surface area contributed by atoms with Gasteiger partial charge < -0.3 is 24.1 Å². The summed E-state index contributed by atoms with van der Waals surface area (Å²) in [5.41, 5.74) is 1.35. The number of alkyl carbamates (subject to hydrolysis) is 1. The second kappa shape index (κ2) is 10.5. The van der Waals surface area contributed by atoms with Crippen LogP contribution in [0.4, 0.5) is 4.79 Å².